The summed E-state index contributed by atoms with van der Waals surface area (Å²) in [6, 6.07) is 22.0. The predicted molar refractivity (Wildman–Crippen MR) is 133 cm³/mol. The molecule has 2 atom stereocenters. The first kappa shape index (κ1) is 23.1. The average molecular weight is 491 g/mol. The quantitative estimate of drug-likeness (QED) is 0.605. The van der Waals surface area contributed by atoms with E-state index in [1.165, 1.54) is 23.3 Å². The molecule has 0 saturated carbocycles. The molecular formula is C26H26N4O4S. The number of carbonyl (C=O) groups is 1. The van der Waals surface area contributed by atoms with Gasteiger partial charge in [-0.1, -0.05) is 48.5 Å². The molecule has 8 nitrogen and oxygen atoms in total. The van der Waals surface area contributed by atoms with Gasteiger partial charge in [0.2, 0.25) is 10.0 Å². The minimum absolute atomic E-state index is 0.152. The molecule has 35 heavy (non-hydrogen) atoms. The van der Waals surface area contributed by atoms with E-state index in [-0.39, 0.29) is 22.9 Å². The van der Waals surface area contributed by atoms with Crippen molar-refractivity contribution in [2.45, 2.75) is 23.0 Å². The fourth-order valence-corrected chi connectivity index (χ4v) is 5.57. The van der Waals surface area contributed by atoms with Crippen LogP contribution in [-0.4, -0.2) is 50.6 Å². The van der Waals surface area contributed by atoms with Gasteiger partial charge >= 0.3 is 0 Å². The van der Waals surface area contributed by atoms with Crippen LogP contribution in [0.1, 0.15) is 23.7 Å². The molecule has 1 unspecified atom stereocenters. The van der Waals surface area contributed by atoms with E-state index in [9.17, 15) is 13.2 Å². The first-order chi connectivity index (χ1) is 16.6. The van der Waals surface area contributed by atoms with E-state index in [4.69, 9.17) is 10.5 Å². The van der Waals surface area contributed by atoms with Gasteiger partial charge in [0.05, 0.1) is 4.90 Å². The Kier molecular flexibility index (Phi) is 5.41. The predicted octanol–water partition coefficient (Wildman–Crippen LogP) is 3.11. The molecular weight excluding hydrogens is 464 g/mol. The van der Waals surface area contributed by atoms with Gasteiger partial charge in [-0.25, -0.2) is 17.7 Å². The number of likely N-dealkylation sites (N-methyl/N-ethyl adjacent to an activating group) is 1. The number of nitrogens with two attached hydrogens (primary N) is 1. The van der Waals surface area contributed by atoms with Crippen LogP contribution >= 0.6 is 0 Å². The van der Waals surface area contributed by atoms with Crippen molar-refractivity contribution in [3.05, 3.63) is 83.9 Å². The number of sulfonamides is 1. The minimum atomic E-state index is -3.60. The van der Waals surface area contributed by atoms with Gasteiger partial charge in [-0.05, 0) is 41.0 Å². The Labute approximate surface area is 204 Å². The molecule has 1 spiro atoms. The molecule has 0 saturated heterocycles. The Hall–Kier alpha value is -3.69. The van der Waals surface area contributed by atoms with Crippen LogP contribution in [0, 0.1) is 0 Å². The van der Waals surface area contributed by atoms with Crippen LogP contribution in [0.4, 0.5) is 0 Å². The Bertz CT molecular complexity index is 1450. The van der Waals surface area contributed by atoms with E-state index in [2.05, 4.69) is 4.99 Å². The summed E-state index contributed by atoms with van der Waals surface area (Å²) in [5.41, 5.74) is 7.88. The summed E-state index contributed by atoms with van der Waals surface area (Å²) in [5, 5.41) is 0. The van der Waals surface area contributed by atoms with E-state index in [0.717, 1.165) is 11.1 Å². The number of aliphatic imine (C=N–C) groups is 1. The van der Waals surface area contributed by atoms with Crippen LogP contribution in [0.25, 0.3) is 11.1 Å². The fraction of sp³-hybridized carbons (Fsp3) is 0.231. The number of fused-ring (bicyclic) bond motifs is 2. The lowest BCUT2D eigenvalue weighted by atomic mass is 9.79. The molecule has 180 valence electrons. The van der Waals surface area contributed by atoms with Crippen molar-refractivity contribution < 1.29 is 17.9 Å². The minimum Gasteiger partial charge on any atom is -0.485 e. The number of guanidine groups is 1. The monoisotopic (exact) mass is 490 g/mol. The molecule has 1 amide bonds. The molecule has 0 aliphatic carbocycles. The van der Waals surface area contributed by atoms with Crippen LogP contribution in [0.5, 0.6) is 5.75 Å². The van der Waals surface area contributed by atoms with Gasteiger partial charge in [-0.3, -0.25) is 9.69 Å². The van der Waals surface area contributed by atoms with Crippen molar-refractivity contribution >= 4 is 21.9 Å². The zero-order valence-corrected chi connectivity index (χ0v) is 20.5. The molecule has 3 aromatic carbocycles. The molecule has 9 heteroatoms. The SMILES string of the molecule is CN1C(=O)C2(C[C@H](c3ccccc3)Oc3ccc(-c4cccc(S(=O)(=O)N(C)C)c4)cc32)N=C1N. The van der Waals surface area contributed by atoms with Crippen LogP contribution < -0.4 is 10.5 Å². The second-order valence-corrected chi connectivity index (χ2v) is 11.1. The zero-order valence-electron chi connectivity index (χ0n) is 19.7. The summed E-state index contributed by atoms with van der Waals surface area (Å²) in [7, 11) is 1.01. The molecule has 0 aromatic heterocycles. The van der Waals surface area contributed by atoms with Gasteiger partial charge in [0.1, 0.15) is 11.9 Å². The lowest BCUT2D eigenvalue weighted by Gasteiger charge is -2.37. The average Bonchev–Trinajstić information content (AvgIpc) is 3.08. The molecule has 2 heterocycles. The van der Waals surface area contributed by atoms with E-state index < -0.39 is 15.6 Å². The van der Waals surface area contributed by atoms with Gasteiger partial charge in [-0.15, -0.1) is 0 Å². The largest absolute Gasteiger partial charge is 0.485 e. The first-order valence-electron chi connectivity index (χ1n) is 11.2. The molecule has 0 radical (unpaired) electrons. The number of ether oxygens (including phenoxy) is 1. The van der Waals surface area contributed by atoms with Gasteiger partial charge in [-0.2, -0.15) is 0 Å². The number of nitrogens with zero attached hydrogens (tertiary/aromatic N) is 3. The highest BCUT2D eigenvalue weighted by Crippen LogP contribution is 2.50. The lowest BCUT2D eigenvalue weighted by molar-refractivity contribution is -0.132. The smallest absolute Gasteiger partial charge is 0.261 e. The maximum atomic E-state index is 13.5. The van der Waals surface area contributed by atoms with E-state index in [0.29, 0.717) is 23.3 Å². The van der Waals surface area contributed by atoms with Crippen LogP contribution in [0.3, 0.4) is 0 Å². The second-order valence-electron chi connectivity index (χ2n) is 8.94. The summed E-state index contributed by atoms with van der Waals surface area (Å²) < 4.78 is 32.8. The zero-order chi connectivity index (χ0) is 25.0. The fourth-order valence-electron chi connectivity index (χ4n) is 4.62. The first-order valence-corrected chi connectivity index (χ1v) is 12.6. The van der Waals surface area contributed by atoms with Crippen LogP contribution in [-0.2, 0) is 20.4 Å². The van der Waals surface area contributed by atoms with Crippen molar-refractivity contribution in [1.29, 1.82) is 0 Å². The second kappa shape index (κ2) is 8.21. The molecule has 3 aromatic rings. The molecule has 0 fully saturated rings. The highest BCUT2D eigenvalue weighted by molar-refractivity contribution is 7.89. The van der Waals surface area contributed by atoms with Crippen LogP contribution in [0.15, 0.2) is 82.7 Å². The number of carbonyl (C=O) groups excluding carboxylic acids is 1. The van der Waals surface area contributed by atoms with Crippen molar-refractivity contribution in [3.8, 4) is 16.9 Å². The number of amides is 1. The number of hydrogen-bond donors (Lipinski definition) is 1. The standard InChI is InChI=1S/C26H26N4O4S/c1-29(2)35(32,33)20-11-7-10-18(14-20)19-12-13-22-21(15-19)26(24(31)30(3)25(27)28-26)16-23(34-22)17-8-5-4-6-9-17/h4-15,23H,16H2,1-3H3,(H2,27,28)/t23-,26?/m1/s1. The number of hydrogen-bond acceptors (Lipinski definition) is 6. The Morgan fingerprint density at radius 3 is 2.40 bits per heavy atom. The third-order valence-corrected chi connectivity index (χ3v) is 8.41. The Balaban J connectivity index is 1.65. The molecule has 2 aliphatic rings. The van der Waals surface area contributed by atoms with Gasteiger partial charge < -0.3 is 10.5 Å². The maximum absolute atomic E-state index is 13.5. The number of rotatable bonds is 4. The van der Waals surface area contributed by atoms with Gasteiger partial charge in [0, 0.05) is 33.1 Å². The highest BCUT2D eigenvalue weighted by atomic mass is 32.2. The van der Waals surface area contributed by atoms with E-state index in [1.807, 2.05) is 54.6 Å². The molecule has 0 bridgehead atoms. The molecule has 2 aliphatic heterocycles. The summed E-state index contributed by atoms with van der Waals surface area (Å²) in [6.07, 6.45) is -0.0815. The number of benzene rings is 3. The lowest BCUT2D eigenvalue weighted by Crippen LogP contribution is -2.43. The van der Waals surface area contributed by atoms with E-state index >= 15 is 0 Å². The topological polar surface area (TPSA) is 105 Å². The van der Waals surface area contributed by atoms with Gasteiger partial charge in [0.25, 0.3) is 5.91 Å². The van der Waals surface area contributed by atoms with Crippen molar-refractivity contribution in [1.82, 2.24) is 9.21 Å². The van der Waals surface area contributed by atoms with Crippen molar-refractivity contribution in [2.75, 3.05) is 21.1 Å². The van der Waals surface area contributed by atoms with Crippen LogP contribution in [0.2, 0.25) is 0 Å². The van der Waals surface area contributed by atoms with Crippen molar-refractivity contribution in [2.24, 2.45) is 10.7 Å². The van der Waals surface area contributed by atoms with E-state index in [1.54, 1.807) is 25.2 Å². The summed E-state index contributed by atoms with van der Waals surface area (Å²) >= 11 is 0. The van der Waals surface area contributed by atoms with Crippen molar-refractivity contribution in [3.63, 3.8) is 0 Å². The molecule has 2 N–H and O–H groups in total. The normalized spacial score (nSPS) is 21.7. The van der Waals surface area contributed by atoms with Gasteiger partial charge in [0.15, 0.2) is 11.5 Å². The Morgan fingerprint density at radius 2 is 1.74 bits per heavy atom. The summed E-state index contributed by atoms with van der Waals surface area (Å²) in [5.74, 6) is 0.479. The Morgan fingerprint density at radius 1 is 1.03 bits per heavy atom. The highest BCUT2D eigenvalue weighted by Gasteiger charge is 2.53. The summed E-state index contributed by atoms with van der Waals surface area (Å²) in [4.78, 5) is 19.7. The third kappa shape index (κ3) is 3.67. The molecule has 5 rings (SSSR count). The third-order valence-electron chi connectivity index (χ3n) is 6.60. The summed E-state index contributed by atoms with van der Waals surface area (Å²) in [6.45, 7) is 0. The maximum Gasteiger partial charge on any atom is 0.261 e.